The van der Waals surface area contributed by atoms with E-state index < -0.39 is 0 Å². The van der Waals surface area contributed by atoms with Crippen molar-refractivity contribution in [3.8, 4) is 0 Å². The van der Waals surface area contributed by atoms with Crippen molar-refractivity contribution in [3.63, 3.8) is 0 Å². The molecule has 0 aromatic carbocycles. The van der Waals surface area contributed by atoms with Crippen molar-refractivity contribution in [2.45, 2.75) is 39.5 Å². The Hall–Kier alpha value is -0.720. The van der Waals surface area contributed by atoms with Gasteiger partial charge in [0.1, 0.15) is 0 Å². The molecule has 64 valence electrons. The molecule has 11 heavy (non-hydrogen) atoms. The van der Waals surface area contributed by atoms with Crippen molar-refractivity contribution in [3.05, 3.63) is 23.9 Å². The van der Waals surface area contributed by atoms with Gasteiger partial charge in [-0.15, -0.1) is 0 Å². The lowest BCUT2D eigenvalue weighted by Crippen LogP contribution is -1.92. The molecule has 1 heteroatoms. The van der Waals surface area contributed by atoms with Crippen molar-refractivity contribution in [1.82, 2.24) is 0 Å². The van der Waals surface area contributed by atoms with Gasteiger partial charge >= 0.3 is 0 Å². The minimum atomic E-state index is 0.943. The molecule has 0 heterocycles. The normalized spacial score (nSPS) is 12.7. The molecule has 0 aliphatic heterocycles. The monoisotopic (exact) mass is 153 g/mol. The van der Waals surface area contributed by atoms with Crippen LogP contribution in [0.25, 0.3) is 0 Å². The lowest BCUT2D eigenvalue weighted by Gasteiger charge is -1.90. The van der Waals surface area contributed by atoms with Crippen molar-refractivity contribution >= 4 is 0 Å². The molecule has 0 aliphatic carbocycles. The maximum absolute atomic E-state index is 5.60. The zero-order chi connectivity index (χ0) is 8.53. The summed E-state index contributed by atoms with van der Waals surface area (Å²) in [7, 11) is 0. The van der Waals surface area contributed by atoms with Crippen molar-refractivity contribution in [2.75, 3.05) is 0 Å². The summed E-state index contributed by atoms with van der Waals surface area (Å²) in [5.74, 6) is 0. The van der Waals surface area contributed by atoms with Gasteiger partial charge in [-0.05, 0) is 18.9 Å². The summed E-state index contributed by atoms with van der Waals surface area (Å²) in [5.41, 5.74) is 6.55. The van der Waals surface area contributed by atoms with Gasteiger partial charge in [0.25, 0.3) is 0 Å². The summed E-state index contributed by atoms with van der Waals surface area (Å²) in [6.07, 6.45) is 10.9. The highest BCUT2D eigenvalue weighted by atomic mass is 14.6. The third kappa shape index (κ3) is 7.17. The first-order chi connectivity index (χ1) is 5.31. The number of hydrogen-bond donors (Lipinski definition) is 1. The van der Waals surface area contributed by atoms with Crippen molar-refractivity contribution < 1.29 is 0 Å². The fourth-order valence-corrected chi connectivity index (χ4v) is 0.728. The highest BCUT2D eigenvalue weighted by molar-refractivity contribution is 5.08. The maximum atomic E-state index is 5.60. The first kappa shape index (κ1) is 10.3. The van der Waals surface area contributed by atoms with Gasteiger partial charge in [-0.2, -0.15) is 0 Å². The van der Waals surface area contributed by atoms with Gasteiger partial charge in [-0.1, -0.05) is 38.8 Å². The largest absolute Gasteiger partial charge is 0.402 e. The second kappa shape index (κ2) is 7.39. The van der Waals surface area contributed by atoms with Crippen LogP contribution in [0, 0.1) is 0 Å². The third-order valence-corrected chi connectivity index (χ3v) is 1.58. The Kier molecular flexibility index (Phi) is 6.90. The van der Waals surface area contributed by atoms with Gasteiger partial charge in [0.05, 0.1) is 0 Å². The first-order valence-corrected chi connectivity index (χ1v) is 4.42. The Morgan fingerprint density at radius 1 is 1.36 bits per heavy atom. The Morgan fingerprint density at radius 3 is 2.64 bits per heavy atom. The van der Waals surface area contributed by atoms with Crippen LogP contribution < -0.4 is 5.73 Å². The van der Waals surface area contributed by atoms with Gasteiger partial charge in [0.15, 0.2) is 0 Å². The Balaban J connectivity index is 3.42. The van der Waals surface area contributed by atoms with Crippen LogP contribution in [-0.4, -0.2) is 0 Å². The zero-order valence-electron chi connectivity index (χ0n) is 7.64. The van der Waals surface area contributed by atoms with Crippen LogP contribution in [0.3, 0.4) is 0 Å². The Bertz CT molecular complexity index is 134. The lowest BCUT2D eigenvalue weighted by molar-refractivity contribution is 0.815. The Morgan fingerprint density at radius 2 is 2.09 bits per heavy atom. The molecule has 0 amide bonds. The standard InChI is InChI=1S/C10H19N/c1-3-5-6-7-8-9-10(11)4-2/h7-9H,3-6,11H2,1-2H3/b8-7-,10-9+. The predicted octanol–water partition coefficient (Wildman–Crippen LogP) is 2.99. The molecular weight excluding hydrogens is 134 g/mol. The third-order valence-electron chi connectivity index (χ3n) is 1.58. The average Bonchev–Trinajstić information content (AvgIpc) is 2.04. The smallest absolute Gasteiger partial charge is 0.00775 e. The molecule has 0 bridgehead atoms. The van der Waals surface area contributed by atoms with Gasteiger partial charge in [-0.25, -0.2) is 0 Å². The van der Waals surface area contributed by atoms with Crippen molar-refractivity contribution in [2.24, 2.45) is 5.73 Å². The molecule has 0 aliphatic rings. The van der Waals surface area contributed by atoms with Crippen molar-refractivity contribution in [1.29, 1.82) is 0 Å². The predicted molar refractivity (Wildman–Crippen MR) is 51.2 cm³/mol. The molecule has 0 spiro atoms. The SMILES string of the molecule is CCCC/C=C\C=C(\N)CC. The molecule has 0 fully saturated rings. The Labute approximate surface area is 70.0 Å². The van der Waals surface area contributed by atoms with E-state index in [1.807, 2.05) is 6.08 Å². The van der Waals surface area contributed by atoms with E-state index in [4.69, 9.17) is 5.73 Å². The molecule has 0 aromatic rings. The molecule has 0 saturated heterocycles. The van der Waals surface area contributed by atoms with Gasteiger partial charge in [0, 0.05) is 5.70 Å². The number of nitrogens with two attached hydrogens (primary N) is 1. The molecule has 0 radical (unpaired) electrons. The fraction of sp³-hybridized carbons (Fsp3) is 0.600. The molecule has 2 N–H and O–H groups in total. The number of rotatable bonds is 5. The number of allylic oxidation sites excluding steroid dienone is 4. The van der Waals surface area contributed by atoms with E-state index in [-0.39, 0.29) is 0 Å². The van der Waals surface area contributed by atoms with Crippen LogP contribution in [0.4, 0.5) is 0 Å². The summed E-state index contributed by atoms with van der Waals surface area (Å²) in [5, 5.41) is 0. The maximum Gasteiger partial charge on any atom is 0.00775 e. The highest BCUT2D eigenvalue weighted by Crippen LogP contribution is 1.96. The summed E-state index contributed by atoms with van der Waals surface area (Å²) in [6, 6.07) is 0. The second-order valence-electron chi connectivity index (χ2n) is 2.67. The summed E-state index contributed by atoms with van der Waals surface area (Å²) < 4.78 is 0. The molecule has 1 nitrogen and oxygen atoms in total. The van der Waals surface area contributed by atoms with Gasteiger partial charge in [-0.3, -0.25) is 0 Å². The fourth-order valence-electron chi connectivity index (χ4n) is 0.728. The lowest BCUT2D eigenvalue weighted by atomic mass is 10.2. The minimum absolute atomic E-state index is 0.943. The zero-order valence-corrected chi connectivity index (χ0v) is 7.64. The van der Waals surface area contributed by atoms with E-state index in [2.05, 4.69) is 26.0 Å². The molecular formula is C10H19N. The number of hydrogen-bond acceptors (Lipinski definition) is 1. The second-order valence-corrected chi connectivity index (χ2v) is 2.67. The quantitative estimate of drug-likeness (QED) is 0.477. The van der Waals surface area contributed by atoms with E-state index in [1.54, 1.807) is 0 Å². The van der Waals surface area contributed by atoms with Crippen LogP contribution in [0.2, 0.25) is 0 Å². The summed E-state index contributed by atoms with van der Waals surface area (Å²) in [6.45, 7) is 4.26. The summed E-state index contributed by atoms with van der Waals surface area (Å²) in [4.78, 5) is 0. The van der Waals surface area contributed by atoms with E-state index >= 15 is 0 Å². The van der Waals surface area contributed by atoms with Crippen LogP contribution in [0.15, 0.2) is 23.9 Å². The van der Waals surface area contributed by atoms with E-state index in [0.717, 1.165) is 12.1 Å². The average molecular weight is 153 g/mol. The topological polar surface area (TPSA) is 26.0 Å². The molecule has 0 aromatic heterocycles. The summed E-state index contributed by atoms with van der Waals surface area (Å²) >= 11 is 0. The molecule has 0 atom stereocenters. The molecule has 0 rings (SSSR count). The van der Waals surface area contributed by atoms with Gasteiger partial charge in [0.2, 0.25) is 0 Å². The van der Waals surface area contributed by atoms with E-state index in [1.165, 1.54) is 19.3 Å². The van der Waals surface area contributed by atoms with Gasteiger partial charge < -0.3 is 5.73 Å². The van der Waals surface area contributed by atoms with Crippen LogP contribution in [0.1, 0.15) is 39.5 Å². The first-order valence-electron chi connectivity index (χ1n) is 4.42. The van der Waals surface area contributed by atoms with E-state index in [0.29, 0.717) is 0 Å². The van der Waals surface area contributed by atoms with E-state index in [9.17, 15) is 0 Å². The molecule has 0 unspecified atom stereocenters. The molecule has 0 saturated carbocycles. The van der Waals surface area contributed by atoms with Crippen LogP contribution >= 0.6 is 0 Å². The van der Waals surface area contributed by atoms with Crippen LogP contribution in [0.5, 0.6) is 0 Å². The number of unbranched alkanes of at least 4 members (excludes halogenated alkanes) is 2. The van der Waals surface area contributed by atoms with Crippen LogP contribution in [-0.2, 0) is 0 Å². The highest BCUT2D eigenvalue weighted by Gasteiger charge is 1.79. The minimum Gasteiger partial charge on any atom is -0.402 e.